The summed E-state index contributed by atoms with van der Waals surface area (Å²) in [5.41, 5.74) is 0. The number of amides is 2. The van der Waals surface area contributed by atoms with Crippen LogP contribution >= 0.6 is 0 Å². The van der Waals surface area contributed by atoms with Gasteiger partial charge in [0.2, 0.25) is 11.8 Å². The molecule has 94 valence electrons. The Labute approximate surface area is 101 Å². The molecule has 2 amide bonds. The molecule has 2 atom stereocenters. The predicted molar refractivity (Wildman–Crippen MR) is 60.9 cm³/mol. The van der Waals surface area contributed by atoms with E-state index in [1.165, 1.54) is 4.90 Å². The summed E-state index contributed by atoms with van der Waals surface area (Å²) >= 11 is 0. The Morgan fingerprint density at radius 2 is 1.65 bits per heavy atom. The van der Waals surface area contributed by atoms with Gasteiger partial charge in [-0.15, -0.1) is 0 Å². The van der Waals surface area contributed by atoms with Gasteiger partial charge in [0, 0.05) is 6.04 Å². The van der Waals surface area contributed by atoms with Crippen molar-refractivity contribution in [1.29, 1.82) is 0 Å². The number of aliphatic hydroxyl groups is 1. The highest BCUT2D eigenvalue weighted by molar-refractivity contribution is 6.05. The molecule has 4 nitrogen and oxygen atoms in total. The lowest BCUT2D eigenvalue weighted by molar-refractivity contribution is -0.147. The van der Waals surface area contributed by atoms with Crippen molar-refractivity contribution >= 4 is 11.8 Å². The second kappa shape index (κ2) is 3.80. The molecule has 0 aromatic heterocycles. The van der Waals surface area contributed by atoms with E-state index >= 15 is 0 Å². The fourth-order valence-corrected chi connectivity index (χ4v) is 3.62. The largest absolute Gasteiger partial charge is 0.393 e. The molecule has 0 aromatic carbocycles. The molecule has 17 heavy (non-hydrogen) atoms. The highest BCUT2D eigenvalue weighted by Gasteiger charge is 2.55. The molecule has 2 saturated carbocycles. The Hall–Kier alpha value is -0.900. The van der Waals surface area contributed by atoms with Crippen LogP contribution in [0.2, 0.25) is 0 Å². The number of aliphatic hydroxyl groups excluding tert-OH is 1. The van der Waals surface area contributed by atoms with Gasteiger partial charge in [-0.3, -0.25) is 14.5 Å². The quantitative estimate of drug-likeness (QED) is 0.727. The molecule has 2 aliphatic carbocycles. The first-order chi connectivity index (χ1) is 8.11. The van der Waals surface area contributed by atoms with Gasteiger partial charge in [-0.05, 0) is 31.6 Å². The van der Waals surface area contributed by atoms with Crippen LogP contribution in [0.3, 0.4) is 0 Å². The van der Waals surface area contributed by atoms with Crippen LogP contribution in [-0.4, -0.2) is 34.0 Å². The zero-order valence-electron chi connectivity index (χ0n) is 10.1. The maximum Gasteiger partial charge on any atom is 0.233 e. The molecular weight excluding hydrogens is 218 g/mol. The van der Waals surface area contributed by atoms with E-state index < -0.39 is 0 Å². The van der Waals surface area contributed by atoms with E-state index in [0.29, 0.717) is 18.8 Å². The third-order valence-electron chi connectivity index (χ3n) is 4.80. The first kappa shape index (κ1) is 11.2. The Morgan fingerprint density at radius 1 is 1.12 bits per heavy atom. The molecule has 3 rings (SSSR count). The fourth-order valence-electron chi connectivity index (χ4n) is 3.62. The van der Waals surface area contributed by atoms with E-state index in [0.717, 1.165) is 19.3 Å². The monoisotopic (exact) mass is 237 g/mol. The van der Waals surface area contributed by atoms with Crippen molar-refractivity contribution in [3.8, 4) is 0 Å². The van der Waals surface area contributed by atoms with Crippen LogP contribution < -0.4 is 0 Å². The number of hydrogen-bond donors (Lipinski definition) is 1. The van der Waals surface area contributed by atoms with Gasteiger partial charge in [0.15, 0.2) is 0 Å². The molecule has 0 aromatic rings. The van der Waals surface area contributed by atoms with E-state index in [-0.39, 0.29) is 35.8 Å². The zero-order chi connectivity index (χ0) is 12.2. The number of likely N-dealkylation sites (tertiary alicyclic amines) is 1. The number of carbonyl (C=O) groups excluding carboxylic acids is 2. The summed E-state index contributed by atoms with van der Waals surface area (Å²) in [7, 11) is 0. The minimum atomic E-state index is -0.315. The molecule has 3 aliphatic rings. The zero-order valence-corrected chi connectivity index (χ0v) is 10.1. The van der Waals surface area contributed by atoms with E-state index in [1.54, 1.807) is 0 Å². The van der Waals surface area contributed by atoms with Crippen LogP contribution in [0.1, 0.15) is 39.0 Å². The van der Waals surface area contributed by atoms with Gasteiger partial charge in [0.25, 0.3) is 0 Å². The second-order valence-corrected chi connectivity index (χ2v) is 5.78. The van der Waals surface area contributed by atoms with Gasteiger partial charge >= 0.3 is 0 Å². The van der Waals surface area contributed by atoms with E-state index in [4.69, 9.17) is 0 Å². The minimum absolute atomic E-state index is 0.0179. The maximum atomic E-state index is 12.2. The van der Waals surface area contributed by atoms with Gasteiger partial charge in [-0.2, -0.15) is 0 Å². The van der Waals surface area contributed by atoms with Crippen molar-refractivity contribution in [2.75, 3.05) is 0 Å². The maximum absolute atomic E-state index is 12.2. The first-order valence-corrected chi connectivity index (χ1v) is 6.66. The third-order valence-corrected chi connectivity index (χ3v) is 4.80. The topological polar surface area (TPSA) is 57.6 Å². The van der Waals surface area contributed by atoms with E-state index in [1.807, 2.05) is 0 Å². The molecule has 0 bridgehead atoms. The van der Waals surface area contributed by atoms with Gasteiger partial charge in [-0.25, -0.2) is 0 Å². The fraction of sp³-hybridized carbons (Fsp3) is 0.846. The van der Waals surface area contributed by atoms with Crippen LogP contribution in [0.4, 0.5) is 0 Å². The molecule has 1 heterocycles. The predicted octanol–water partition coefficient (Wildman–Crippen LogP) is 0.931. The number of rotatable bonds is 2. The number of fused-ring (bicyclic) bond motifs is 1. The Kier molecular flexibility index (Phi) is 2.51. The molecule has 3 fully saturated rings. The van der Waals surface area contributed by atoms with Crippen molar-refractivity contribution in [1.82, 2.24) is 4.90 Å². The number of carbonyl (C=O) groups is 2. The molecular formula is C13H19NO3. The number of hydrogen-bond acceptors (Lipinski definition) is 3. The van der Waals surface area contributed by atoms with Crippen molar-refractivity contribution in [3.05, 3.63) is 0 Å². The molecule has 2 unspecified atom stereocenters. The van der Waals surface area contributed by atoms with E-state index in [9.17, 15) is 14.7 Å². The van der Waals surface area contributed by atoms with Gasteiger partial charge in [0.1, 0.15) is 0 Å². The lowest BCUT2D eigenvalue weighted by atomic mass is 9.88. The summed E-state index contributed by atoms with van der Waals surface area (Å²) < 4.78 is 0. The van der Waals surface area contributed by atoms with Crippen molar-refractivity contribution < 1.29 is 14.7 Å². The molecule has 1 aliphatic heterocycles. The van der Waals surface area contributed by atoms with Gasteiger partial charge in [0.05, 0.1) is 17.9 Å². The summed E-state index contributed by atoms with van der Waals surface area (Å²) in [6.45, 7) is 2.13. The Bertz CT molecular complexity index is 338. The summed E-state index contributed by atoms with van der Waals surface area (Å²) in [6.07, 6.45) is 3.68. The van der Waals surface area contributed by atoms with Gasteiger partial charge < -0.3 is 5.11 Å². The van der Waals surface area contributed by atoms with Crippen molar-refractivity contribution in [2.45, 2.75) is 51.2 Å². The lowest BCUT2D eigenvalue weighted by Crippen LogP contribution is -2.50. The SMILES string of the molecule is CCC1CC2C(=O)N(C3CC(O)C3)C(=O)C2C1. The smallest absolute Gasteiger partial charge is 0.233 e. The second-order valence-electron chi connectivity index (χ2n) is 5.78. The average molecular weight is 237 g/mol. The molecule has 0 radical (unpaired) electrons. The third kappa shape index (κ3) is 1.53. The normalized spacial score (nSPS) is 45.1. The number of nitrogens with zero attached hydrogens (tertiary/aromatic N) is 1. The molecule has 0 spiro atoms. The Balaban J connectivity index is 1.75. The van der Waals surface area contributed by atoms with Crippen molar-refractivity contribution in [2.24, 2.45) is 17.8 Å². The molecule has 1 N–H and O–H groups in total. The van der Waals surface area contributed by atoms with Gasteiger partial charge in [-0.1, -0.05) is 13.3 Å². The summed E-state index contributed by atoms with van der Waals surface area (Å²) in [6, 6.07) is -0.0179. The standard InChI is InChI=1S/C13H19NO3/c1-2-7-3-10-11(4-7)13(17)14(12(10)16)8-5-9(15)6-8/h7-11,15H,2-6H2,1H3. The summed E-state index contributed by atoms with van der Waals surface area (Å²) in [5.74, 6) is 0.517. The lowest BCUT2D eigenvalue weighted by Gasteiger charge is -2.37. The Morgan fingerprint density at radius 3 is 2.06 bits per heavy atom. The highest BCUT2D eigenvalue weighted by Crippen LogP contribution is 2.46. The summed E-state index contributed by atoms with van der Waals surface area (Å²) in [5, 5.41) is 9.29. The van der Waals surface area contributed by atoms with Crippen LogP contribution in [0.25, 0.3) is 0 Å². The van der Waals surface area contributed by atoms with E-state index in [2.05, 4.69) is 6.92 Å². The van der Waals surface area contributed by atoms with Crippen LogP contribution in [-0.2, 0) is 9.59 Å². The summed E-state index contributed by atoms with van der Waals surface area (Å²) in [4.78, 5) is 25.9. The first-order valence-electron chi connectivity index (χ1n) is 6.66. The molecule has 4 heteroatoms. The highest BCUT2D eigenvalue weighted by atomic mass is 16.3. The van der Waals surface area contributed by atoms with Crippen LogP contribution in [0.15, 0.2) is 0 Å². The van der Waals surface area contributed by atoms with Crippen LogP contribution in [0.5, 0.6) is 0 Å². The van der Waals surface area contributed by atoms with Crippen LogP contribution in [0, 0.1) is 17.8 Å². The molecule has 1 saturated heterocycles. The number of imide groups is 1. The van der Waals surface area contributed by atoms with Crippen molar-refractivity contribution in [3.63, 3.8) is 0 Å². The average Bonchev–Trinajstić information content (AvgIpc) is 2.77. The minimum Gasteiger partial charge on any atom is -0.393 e.